The first kappa shape index (κ1) is 17.3. The fourth-order valence-corrected chi connectivity index (χ4v) is 3.78. The molecule has 0 saturated carbocycles. The number of fused-ring (bicyclic) bond motifs is 1. The van der Waals surface area contributed by atoms with Crippen molar-refractivity contribution in [1.29, 1.82) is 0 Å². The summed E-state index contributed by atoms with van der Waals surface area (Å²) in [5.74, 6) is 0.00128. The zero-order chi connectivity index (χ0) is 18.2. The quantitative estimate of drug-likeness (QED) is 0.912. The molecule has 2 aromatic carbocycles. The summed E-state index contributed by atoms with van der Waals surface area (Å²) in [5, 5.41) is 2.87. The Bertz CT molecular complexity index is 904. The van der Waals surface area contributed by atoms with Gasteiger partial charge in [0.05, 0.1) is 18.5 Å². The van der Waals surface area contributed by atoms with Crippen molar-refractivity contribution >= 4 is 27.3 Å². The number of rotatable bonds is 3. The molecular weight excluding hydrogens is 340 g/mol. The Kier molecular flexibility index (Phi) is 4.43. The summed E-state index contributed by atoms with van der Waals surface area (Å²) < 4.78 is 31.2. The topological polar surface area (TPSA) is 75.7 Å². The van der Waals surface area contributed by atoms with Gasteiger partial charge in [-0.25, -0.2) is 8.42 Å². The van der Waals surface area contributed by atoms with Crippen LogP contribution in [0.1, 0.15) is 11.1 Å². The summed E-state index contributed by atoms with van der Waals surface area (Å²) in [5.41, 5.74) is 3.04. The van der Waals surface area contributed by atoms with Crippen LogP contribution in [0.5, 0.6) is 5.75 Å². The highest BCUT2D eigenvalue weighted by Crippen LogP contribution is 2.35. The van der Waals surface area contributed by atoms with Crippen LogP contribution >= 0.6 is 0 Å². The van der Waals surface area contributed by atoms with E-state index in [4.69, 9.17) is 4.74 Å². The van der Waals surface area contributed by atoms with Gasteiger partial charge in [-0.05, 0) is 37.1 Å². The second-order valence-electron chi connectivity index (χ2n) is 6.12. The number of nitrogens with zero attached hydrogens (tertiary/aromatic N) is 1. The van der Waals surface area contributed by atoms with Gasteiger partial charge in [-0.15, -0.1) is 0 Å². The smallest absolute Gasteiger partial charge is 0.267 e. The third-order valence-electron chi connectivity index (χ3n) is 4.16. The second kappa shape index (κ2) is 6.40. The minimum atomic E-state index is -3.52. The van der Waals surface area contributed by atoms with Crippen molar-refractivity contribution in [3.63, 3.8) is 0 Å². The molecule has 0 aromatic heterocycles. The van der Waals surface area contributed by atoms with E-state index in [2.05, 4.69) is 5.32 Å². The van der Waals surface area contributed by atoms with Crippen molar-refractivity contribution in [3.05, 3.63) is 53.6 Å². The molecule has 1 heterocycles. The Labute approximate surface area is 147 Å². The number of benzene rings is 2. The first-order chi connectivity index (χ1) is 11.8. The van der Waals surface area contributed by atoms with Gasteiger partial charge in [0.1, 0.15) is 5.75 Å². The van der Waals surface area contributed by atoms with E-state index in [0.717, 1.165) is 23.1 Å². The maximum atomic E-state index is 12.7. The molecule has 0 radical (unpaired) electrons. The molecule has 6 nitrogen and oxygen atoms in total. The Morgan fingerprint density at radius 2 is 1.76 bits per heavy atom. The molecule has 1 aliphatic rings. The highest BCUT2D eigenvalue weighted by atomic mass is 32.2. The number of hydrogen-bond acceptors (Lipinski definition) is 4. The average Bonchev–Trinajstić information content (AvgIpc) is 2.56. The fourth-order valence-electron chi connectivity index (χ4n) is 2.87. The zero-order valence-electron chi connectivity index (χ0n) is 14.3. The van der Waals surface area contributed by atoms with Crippen LogP contribution in [0, 0.1) is 13.8 Å². The molecule has 1 N–H and O–H groups in total. The number of anilines is 2. The van der Waals surface area contributed by atoms with Gasteiger partial charge in [0.2, 0.25) is 10.0 Å². The molecule has 1 atom stereocenters. The van der Waals surface area contributed by atoms with E-state index in [1.165, 1.54) is 4.31 Å². The van der Waals surface area contributed by atoms with E-state index >= 15 is 0 Å². The third kappa shape index (κ3) is 3.46. The van der Waals surface area contributed by atoms with Gasteiger partial charge in [-0.2, -0.15) is 0 Å². The van der Waals surface area contributed by atoms with Crippen molar-refractivity contribution in [2.24, 2.45) is 0 Å². The van der Waals surface area contributed by atoms with E-state index in [9.17, 15) is 13.2 Å². The number of carbonyl (C=O) groups is 1. The molecule has 0 bridgehead atoms. The van der Waals surface area contributed by atoms with E-state index in [1.807, 2.05) is 32.0 Å². The second-order valence-corrected chi connectivity index (χ2v) is 8.03. The van der Waals surface area contributed by atoms with Crippen LogP contribution in [0.4, 0.5) is 11.4 Å². The summed E-state index contributed by atoms with van der Waals surface area (Å²) in [7, 11) is -3.52. The predicted octanol–water partition coefficient (Wildman–Crippen LogP) is 2.47. The predicted molar refractivity (Wildman–Crippen MR) is 97.6 cm³/mol. The SMILES string of the molecule is Cc1cccc(C)c1NC(=O)C1CN(S(C)(=O)=O)c2ccccc2O1. The van der Waals surface area contributed by atoms with Gasteiger partial charge >= 0.3 is 0 Å². The molecule has 0 saturated heterocycles. The number of ether oxygens (including phenoxy) is 1. The first-order valence-corrected chi connectivity index (χ1v) is 9.72. The molecule has 1 unspecified atom stereocenters. The summed E-state index contributed by atoms with van der Waals surface area (Å²) in [6.45, 7) is 3.75. The number of aryl methyl sites for hydroxylation is 2. The first-order valence-electron chi connectivity index (χ1n) is 7.88. The van der Waals surface area contributed by atoms with Gasteiger partial charge in [-0.1, -0.05) is 30.3 Å². The lowest BCUT2D eigenvalue weighted by molar-refractivity contribution is -0.122. The minimum Gasteiger partial charge on any atom is -0.476 e. The summed E-state index contributed by atoms with van der Waals surface area (Å²) in [4.78, 5) is 12.7. The summed E-state index contributed by atoms with van der Waals surface area (Å²) in [6.07, 6.45) is 0.193. The van der Waals surface area contributed by atoms with Gasteiger partial charge in [-0.3, -0.25) is 9.10 Å². The van der Waals surface area contributed by atoms with Crippen LogP contribution < -0.4 is 14.4 Å². The standard InChI is InChI=1S/C18H20N2O4S/c1-12-7-6-8-13(2)17(12)19-18(21)16-11-20(25(3,22)23)14-9-4-5-10-15(14)24-16/h4-10,16H,11H2,1-3H3,(H,19,21). The molecular formula is C18H20N2O4S. The van der Waals surface area contributed by atoms with Crippen LogP contribution in [-0.2, 0) is 14.8 Å². The number of sulfonamides is 1. The average molecular weight is 360 g/mol. The highest BCUT2D eigenvalue weighted by Gasteiger charge is 2.35. The number of amides is 1. The molecule has 1 aliphatic heterocycles. The van der Waals surface area contributed by atoms with Crippen LogP contribution in [0.3, 0.4) is 0 Å². The molecule has 132 valence electrons. The van der Waals surface area contributed by atoms with Crippen LogP contribution in [0.15, 0.2) is 42.5 Å². The molecule has 7 heteroatoms. The maximum absolute atomic E-state index is 12.7. The van der Waals surface area contributed by atoms with Crippen LogP contribution in [0.25, 0.3) is 0 Å². The van der Waals surface area contributed by atoms with Crippen molar-refractivity contribution in [2.75, 3.05) is 22.4 Å². The molecule has 25 heavy (non-hydrogen) atoms. The van der Waals surface area contributed by atoms with E-state index < -0.39 is 16.1 Å². The van der Waals surface area contributed by atoms with Crippen molar-refractivity contribution in [3.8, 4) is 5.75 Å². The Morgan fingerprint density at radius 1 is 1.12 bits per heavy atom. The fraction of sp³-hybridized carbons (Fsp3) is 0.278. The van der Waals surface area contributed by atoms with Crippen molar-refractivity contribution < 1.29 is 17.9 Å². The highest BCUT2D eigenvalue weighted by molar-refractivity contribution is 7.92. The van der Waals surface area contributed by atoms with E-state index in [-0.39, 0.29) is 12.5 Å². The normalized spacial score (nSPS) is 16.8. The third-order valence-corrected chi connectivity index (χ3v) is 5.30. The monoisotopic (exact) mass is 360 g/mol. The van der Waals surface area contributed by atoms with Crippen LogP contribution in [-0.4, -0.2) is 33.2 Å². The van der Waals surface area contributed by atoms with E-state index in [0.29, 0.717) is 11.4 Å². The molecule has 0 fully saturated rings. The Hall–Kier alpha value is -2.54. The Morgan fingerprint density at radius 3 is 2.40 bits per heavy atom. The molecule has 3 rings (SSSR count). The molecule has 0 spiro atoms. The molecule has 2 aromatic rings. The number of nitrogens with one attached hydrogen (secondary N) is 1. The number of para-hydroxylation sites is 3. The number of carbonyl (C=O) groups excluding carboxylic acids is 1. The summed E-state index contributed by atoms with van der Waals surface area (Å²) >= 11 is 0. The van der Waals surface area contributed by atoms with Crippen LogP contribution in [0.2, 0.25) is 0 Å². The minimum absolute atomic E-state index is 0.0629. The molecule has 0 aliphatic carbocycles. The molecule has 1 amide bonds. The lowest BCUT2D eigenvalue weighted by Crippen LogP contribution is -2.48. The van der Waals surface area contributed by atoms with Gasteiger partial charge in [0.15, 0.2) is 6.10 Å². The lowest BCUT2D eigenvalue weighted by Gasteiger charge is -2.34. The van der Waals surface area contributed by atoms with Gasteiger partial charge in [0.25, 0.3) is 5.91 Å². The largest absolute Gasteiger partial charge is 0.476 e. The van der Waals surface area contributed by atoms with Gasteiger partial charge < -0.3 is 10.1 Å². The van der Waals surface area contributed by atoms with E-state index in [1.54, 1.807) is 24.3 Å². The Balaban J connectivity index is 1.90. The van der Waals surface area contributed by atoms with Crippen molar-refractivity contribution in [1.82, 2.24) is 0 Å². The maximum Gasteiger partial charge on any atom is 0.267 e. The lowest BCUT2D eigenvalue weighted by atomic mass is 10.1. The van der Waals surface area contributed by atoms with Gasteiger partial charge in [0, 0.05) is 5.69 Å². The summed E-state index contributed by atoms with van der Waals surface area (Å²) in [6, 6.07) is 12.5. The van der Waals surface area contributed by atoms with Crippen molar-refractivity contribution in [2.45, 2.75) is 20.0 Å². The zero-order valence-corrected chi connectivity index (χ0v) is 15.1. The number of hydrogen-bond donors (Lipinski definition) is 1.